The van der Waals surface area contributed by atoms with Gasteiger partial charge < -0.3 is 35.4 Å². The van der Waals surface area contributed by atoms with E-state index < -0.39 is 0 Å². The molecule has 0 bridgehead atoms. The Balaban J connectivity index is 0.00000144. The first-order chi connectivity index (χ1) is 7.84. The number of piperidine rings is 1. The second kappa shape index (κ2) is 9.62. The van der Waals surface area contributed by atoms with Gasteiger partial charge in [0.05, 0.1) is 0 Å². The highest BCUT2D eigenvalue weighted by molar-refractivity contribution is 5.21. The second-order valence-electron chi connectivity index (χ2n) is 4.81. The summed E-state index contributed by atoms with van der Waals surface area (Å²) in [6.07, 6.45) is 2.64. The predicted molar refractivity (Wildman–Crippen MR) is 68.5 cm³/mol. The van der Waals surface area contributed by atoms with Gasteiger partial charge in [-0.3, -0.25) is 0 Å². The molecule has 0 spiro atoms. The Morgan fingerprint density at radius 3 is 2.33 bits per heavy atom. The number of halogens is 2. The summed E-state index contributed by atoms with van der Waals surface area (Å²) in [5.74, 6) is 0.867. The smallest absolute Gasteiger partial charge is 0.0205 e. The van der Waals surface area contributed by atoms with Crippen molar-refractivity contribution in [2.45, 2.75) is 26.3 Å². The molecule has 1 saturated heterocycles. The van der Waals surface area contributed by atoms with Crippen LogP contribution in [0.15, 0.2) is 24.3 Å². The number of hydrogen-bond donors (Lipinski definition) is 2. The lowest BCUT2D eigenvalue weighted by Crippen LogP contribution is -3.00. The largest absolute Gasteiger partial charge is 1.00 e. The average Bonchev–Trinajstić information content (AvgIpc) is 2.33. The van der Waals surface area contributed by atoms with Gasteiger partial charge in [0.15, 0.2) is 0 Å². The monoisotopic (exact) mass is 288 g/mol. The zero-order chi connectivity index (χ0) is 11.2. The molecule has 0 aliphatic carbocycles. The van der Waals surface area contributed by atoms with Crippen molar-refractivity contribution >= 4 is 0 Å². The van der Waals surface area contributed by atoms with Gasteiger partial charge >= 0.3 is 0 Å². The predicted octanol–water partition coefficient (Wildman–Crippen LogP) is -3.91. The van der Waals surface area contributed by atoms with Crippen LogP contribution in [0.5, 0.6) is 0 Å². The van der Waals surface area contributed by atoms with Gasteiger partial charge in [-0.15, -0.1) is 0 Å². The molecule has 4 heteroatoms. The highest BCUT2D eigenvalue weighted by Gasteiger charge is 2.11. The lowest BCUT2D eigenvalue weighted by molar-refractivity contribution is -0.00100. The Labute approximate surface area is 123 Å². The average molecular weight is 289 g/mol. The van der Waals surface area contributed by atoms with E-state index >= 15 is 0 Å². The van der Waals surface area contributed by atoms with Crippen LogP contribution in [0.1, 0.15) is 24.0 Å². The molecule has 0 unspecified atom stereocenters. The van der Waals surface area contributed by atoms with Crippen LogP contribution in [0.4, 0.5) is 0 Å². The van der Waals surface area contributed by atoms with E-state index in [9.17, 15) is 0 Å². The minimum Gasteiger partial charge on any atom is -1.00 e. The van der Waals surface area contributed by atoms with Crippen molar-refractivity contribution in [1.29, 1.82) is 0 Å². The molecule has 18 heavy (non-hydrogen) atoms. The maximum atomic E-state index is 3.56. The third-order valence-corrected chi connectivity index (χ3v) is 3.34. The van der Waals surface area contributed by atoms with Gasteiger partial charge in [0.2, 0.25) is 0 Å². The maximum Gasteiger partial charge on any atom is 0.0205 e. The van der Waals surface area contributed by atoms with Gasteiger partial charge in [0.1, 0.15) is 0 Å². The first-order valence-electron chi connectivity index (χ1n) is 6.31. The Morgan fingerprint density at radius 2 is 1.72 bits per heavy atom. The van der Waals surface area contributed by atoms with Crippen molar-refractivity contribution in [3.63, 3.8) is 0 Å². The summed E-state index contributed by atoms with van der Waals surface area (Å²) in [5, 5.41) is 6.96. The number of benzene rings is 1. The Morgan fingerprint density at radius 1 is 1.11 bits per heavy atom. The summed E-state index contributed by atoms with van der Waals surface area (Å²) in [6.45, 7) is 6.68. The normalized spacial score (nSPS) is 15.6. The summed E-state index contributed by atoms with van der Waals surface area (Å²) in [6, 6.07) is 8.79. The van der Waals surface area contributed by atoms with E-state index in [0.29, 0.717) is 0 Å². The van der Waals surface area contributed by atoms with Crippen LogP contribution in [0, 0.1) is 12.8 Å². The van der Waals surface area contributed by atoms with Gasteiger partial charge in [-0.1, -0.05) is 29.8 Å². The first-order valence-corrected chi connectivity index (χ1v) is 6.31. The summed E-state index contributed by atoms with van der Waals surface area (Å²) < 4.78 is 0. The van der Waals surface area contributed by atoms with Crippen molar-refractivity contribution in [2.75, 3.05) is 19.6 Å². The molecule has 0 atom stereocenters. The fourth-order valence-electron chi connectivity index (χ4n) is 2.21. The van der Waals surface area contributed by atoms with Crippen LogP contribution in [-0.4, -0.2) is 19.6 Å². The molecular formula is C14H22Cl2N2-2. The summed E-state index contributed by atoms with van der Waals surface area (Å²) >= 11 is 0. The molecular weight excluding hydrogens is 267 g/mol. The van der Waals surface area contributed by atoms with Gasteiger partial charge in [0.25, 0.3) is 0 Å². The molecule has 0 saturated carbocycles. The number of nitrogens with one attached hydrogen (secondary N) is 2. The van der Waals surface area contributed by atoms with Crippen LogP contribution in [0.25, 0.3) is 0 Å². The molecule has 2 rings (SSSR count). The molecule has 2 nitrogen and oxygen atoms in total. The van der Waals surface area contributed by atoms with Gasteiger partial charge in [0, 0.05) is 6.54 Å². The zero-order valence-electron chi connectivity index (χ0n) is 10.9. The van der Waals surface area contributed by atoms with Gasteiger partial charge in [-0.2, -0.15) is 0 Å². The maximum absolute atomic E-state index is 3.56. The minimum absolute atomic E-state index is 0. The van der Waals surface area contributed by atoms with Crippen molar-refractivity contribution in [1.82, 2.24) is 10.6 Å². The summed E-state index contributed by atoms with van der Waals surface area (Å²) in [7, 11) is 0. The van der Waals surface area contributed by atoms with Crippen LogP contribution in [-0.2, 0) is 6.54 Å². The van der Waals surface area contributed by atoms with E-state index in [-0.39, 0.29) is 24.8 Å². The first kappa shape index (κ1) is 17.7. The number of hydrogen-bond acceptors (Lipinski definition) is 2. The van der Waals surface area contributed by atoms with E-state index in [1.165, 1.54) is 37.1 Å². The molecule has 1 aromatic carbocycles. The highest BCUT2D eigenvalue weighted by atomic mass is 35.5. The topological polar surface area (TPSA) is 24.1 Å². The van der Waals surface area contributed by atoms with E-state index in [2.05, 4.69) is 41.8 Å². The van der Waals surface area contributed by atoms with Crippen LogP contribution in [0.2, 0.25) is 0 Å². The summed E-state index contributed by atoms with van der Waals surface area (Å²) in [4.78, 5) is 0. The van der Waals surface area contributed by atoms with Crippen LogP contribution >= 0.6 is 0 Å². The van der Waals surface area contributed by atoms with Crippen LogP contribution < -0.4 is 35.4 Å². The quantitative estimate of drug-likeness (QED) is 0.592. The van der Waals surface area contributed by atoms with Crippen molar-refractivity contribution in [3.8, 4) is 0 Å². The van der Waals surface area contributed by atoms with Crippen LogP contribution in [0.3, 0.4) is 0 Å². The zero-order valence-corrected chi connectivity index (χ0v) is 12.4. The van der Waals surface area contributed by atoms with E-state index in [1.54, 1.807) is 0 Å². The Bertz CT molecular complexity index is 308. The SMILES string of the molecule is Cc1ccc(CNCC2CCNCC2)cc1.[Cl-].[Cl-]. The Kier molecular flexibility index (Phi) is 9.47. The van der Waals surface area contributed by atoms with E-state index in [1.807, 2.05) is 0 Å². The van der Waals surface area contributed by atoms with Crippen molar-refractivity contribution < 1.29 is 24.8 Å². The fraction of sp³-hybridized carbons (Fsp3) is 0.571. The van der Waals surface area contributed by atoms with Crippen molar-refractivity contribution in [3.05, 3.63) is 35.4 Å². The fourth-order valence-corrected chi connectivity index (χ4v) is 2.21. The summed E-state index contributed by atoms with van der Waals surface area (Å²) in [5.41, 5.74) is 2.72. The van der Waals surface area contributed by atoms with E-state index in [0.717, 1.165) is 19.0 Å². The lowest BCUT2D eigenvalue weighted by atomic mass is 9.98. The Hall–Kier alpha value is -0.280. The molecule has 104 valence electrons. The van der Waals surface area contributed by atoms with E-state index in [4.69, 9.17) is 0 Å². The second-order valence-corrected chi connectivity index (χ2v) is 4.81. The lowest BCUT2D eigenvalue weighted by Gasteiger charge is -2.22. The molecule has 1 fully saturated rings. The third kappa shape index (κ3) is 6.05. The number of aryl methyl sites for hydroxylation is 1. The van der Waals surface area contributed by atoms with Gasteiger partial charge in [-0.05, 0) is 50.9 Å². The van der Waals surface area contributed by atoms with Crippen molar-refractivity contribution in [2.24, 2.45) is 5.92 Å². The highest BCUT2D eigenvalue weighted by Crippen LogP contribution is 2.10. The van der Waals surface area contributed by atoms with Gasteiger partial charge in [-0.25, -0.2) is 0 Å². The third-order valence-electron chi connectivity index (χ3n) is 3.34. The molecule has 0 amide bonds. The molecule has 2 N–H and O–H groups in total. The molecule has 1 aromatic rings. The number of rotatable bonds is 4. The molecule has 1 aliphatic rings. The molecule has 1 aliphatic heterocycles. The minimum atomic E-state index is 0. The molecule has 0 aromatic heterocycles. The molecule has 0 radical (unpaired) electrons. The molecule has 1 heterocycles. The standard InChI is InChI=1S/C14H22N2.2ClH/c1-12-2-4-13(5-3-12)10-16-11-14-6-8-15-9-7-14;;/h2-5,14-16H,6-11H2,1H3;2*1H/p-2.